The predicted molar refractivity (Wildman–Crippen MR) is 63.2 cm³/mol. The molecule has 0 saturated heterocycles. The van der Waals surface area contributed by atoms with Gasteiger partial charge in [0, 0.05) is 6.20 Å². The molecule has 0 unspecified atom stereocenters. The first-order valence-corrected chi connectivity index (χ1v) is 4.61. The minimum absolute atomic E-state index is 0.487. The fourth-order valence-electron chi connectivity index (χ4n) is 1.25. The molecule has 1 heterocycles. The smallest absolute Gasteiger partial charge is 0.430 e. The Hall–Kier alpha value is -1.40. The normalized spacial score (nSPS) is 9.25. The minimum atomic E-state index is -1.41. The van der Waals surface area contributed by atoms with Gasteiger partial charge in [0.25, 0.3) is 0 Å². The summed E-state index contributed by atoms with van der Waals surface area (Å²) in [5, 5.41) is 33.0. The van der Waals surface area contributed by atoms with Crippen LogP contribution in [0, 0.1) is 0 Å². The second-order valence-electron chi connectivity index (χ2n) is 2.97. The predicted octanol–water partition coefficient (Wildman–Crippen LogP) is -1.85. The molecule has 0 aliphatic heterocycles. The van der Waals surface area contributed by atoms with E-state index in [1.165, 1.54) is 0 Å². The van der Waals surface area contributed by atoms with E-state index < -0.39 is 14.8 Å². The van der Waals surface area contributed by atoms with Gasteiger partial charge in [-0.2, -0.15) is 0 Å². The lowest BCUT2D eigenvalue weighted by Crippen LogP contribution is -2.29. The molecule has 7 heteroatoms. The van der Waals surface area contributed by atoms with E-state index in [4.69, 9.17) is 20.1 Å². The van der Waals surface area contributed by atoms with Gasteiger partial charge in [-0.25, -0.2) is 0 Å². The summed E-state index contributed by atoms with van der Waals surface area (Å²) in [7, 11) is -2.16. The largest absolute Gasteiger partial charge is 0.488 e. The van der Waals surface area contributed by atoms with E-state index in [-0.39, 0.29) is 0 Å². The van der Waals surface area contributed by atoms with Crippen LogP contribution < -0.4 is 5.46 Å². The van der Waals surface area contributed by atoms with Crippen molar-refractivity contribution >= 4 is 31.2 Å². The number of hydrogen-bond donors (Lipinski definition) is 4. The molecule has 0 atom stereocenters. The van der Waals surface area contributed by atoms with Crippen molar-refractivity contribution in [1.29, 1.82) is 0 Å². The van der Waals surface area contributed by atoms with Crippen LogP contribution in [0.4, 0.5) is 0 Å². The van der Waals surface area contributed by atoms with Crippen LogP contribution in [-0.2, 0) is 0 Å². The number of hydrogen-bond acceptors (Lipinski definition) is 5. The zero-order valence-electron chi connectivity index (χ0n) is 8.48. The van der Waals surface area contributed by atoms with Crippen LogP contribution in [0.25, 0.3) is 10.9 Å². The number of benzene rings is 1. The van der Waals surface area contributed by atoms with Crippen molar-refractivity contribution in [2.45, 2.75) is 0 Å². The Balaban J connectivity index is 0.000000386. The zero-order chi connectivity index (χ0) is 12.0. The van der Waals surface area contributed by atoms with Gasteiger partial charge < -0.3 is 20.1 Å². The molecule has 4 N–H and O–H groups in total. The molecule has 0 saturated carbocycles. The summed E-state index contributed by atoms with van der Waals surface area (Å²) in [6.07, 6.45) is 1.71. The van der Waals surface area contributed by atoms with Gasteiger partial charge in [-0.05, 0) is 23.0 Å². The first kappa shape index (κ1) is 12.7. The molecule has 0 amide bonds. The van der Waals surface area contributed by atoms with Gasteiger partial charge in [-0.15, -0.1) is 0 Å². The summed E-state index contributed by atoms with van der Waals surface area (Å²) in [6.45, 7) is 0. The monoisotopic (exact) mass is 219 g/mol. The molecular weight excluding hydrogens is 208 g/mol. The van der Waals surface area contributed by atoms with Gasteiger partial charge in [0.05, 0.1) is 5.52 Å². The van der Waals surface area contributed by atoms with Gasteiger partial charge in [0.1, 0.15) is 0 Å². The summed E-state index contributed by atoms with van der Waals surface area (Å²) in [4.78, 5) is 4.12. The van der Waals surface area contributed by atoms with Crippen molar-refractivity contribution in [3.63, 3.8) is 0 Å². The van der Waals surface area contributed by atoms with E-state index in [1.807, 2.05) is 12.1 Å². The van der Waals surface area contributed by atoms with Crippen LogP contribution >= 0.6 is 0 Å². The SMILES string of the molecule is OB(O)c1ccc2ncccc2c1.OBO. The Kier molecular flexibility index (Phi) is 4.94. The lowest BCUT2D eigenvalue weighted by molar-refractivity contribution is 0.426. The second-order valence-corrected chi connectivity index (χ2v) is 2.97. The van der Waals surface area contributed by atoms with Gasteiger partial charge in [-0.1, -0.05) is 18.2 Å². The highest BCUT2D eigenvalue weighted by molar-refractivity contribution is 6.58. The van der Waals surface area contributed by atoms with E-state index >= 15 is 0 Å². The lowest BCUT2D eigenvalue weighted by Gasteiger charge is -2.00. The summed E-state index contributed by atoms with van der Waals surface area (Å²) in [6, 6.07) is 8.83. The topological polar surface area (TPSA) is 93.8 Å². The van der Waals surface area contributed by atoms with Crippen molar-refractivity contribution in [3.05, 3.63) is 36.5 Å². The number of fused-ring (bicyclic) bond motifs is 1. The molecule has 5 nitrogen and oxygen atoms in total. The molecule has 1 aromatic carbocycles. The standard InChI is InChI=1S/C9H8BNO2.BH3O2/c12-10(13)8-3-4-9-7(6-8)2-1-5-11-9;2-1-3/h1-6,12-13H;1-3H. The Bertz CT molecular complexity index is 452. The molecule has 0 aliphatic rings. The zero-order valence-corrected chi connectivity index (χ0v) is 8.48. The van der Waals surface area contributed by atoms with Crippen molar-refractivity contribution < 1.29 is 20.1 Å². The average molecular weight is 219 g/mol. The minimum Gasteiger partial charge on any atom is -0.430 e. The first-order valence-electron chi connectivity index (χ1n) is 4.61. The maximum atomic E-state index is 8.92. The molecular formula is C9H11B2NO4. The Morgan fingerprint density at radius 1 is 1.12 bits per heavy atom. The van der Waals surface area contributed by atoms with E-state index in [0.29, 0.717) is 5.46 Å². The molecule has 0 fully saturated rings. The molecule has 2 rings (SSSR count). The lowest BCUT2D eigenvalue weighted by atomic mass is 9.80. The van der Waals surface area contributed by atoms with Crippen LogP contribution in [-0.4, -0.2) is 39.9 Å². The third kappa shape index (κ3) is 3.32. The number of aromatic nitrogens is 1. The Labute approximate surface area is 93.5 Å². The molecule has 82 valence electrons. The first-order chi connectivity index (χ1) is 7.69. The molecule has 2 aromatic rings. The Morgan fingerprint density at radius 3 is 2.44 bits per heavy atom. The third-order valence-corrected chi connectivity index (χ3v) is 1.93. The molecule has 0 aliphatic carbocycles. The van der Waals surface area contributed by atoms with Gasteiger partial charge in [0.2, 0.25) is 0 Å². The third-order valence-electron chi connectivity index (χ3n) is 1.93. The molecule has 0 radical (unpaired) electrons. The fourth-order valence-corrected chi connectivity index (χ4v) is 1.25. The second kappa shape index (κ2) is 6.24. The maximum absolute atomic E-state index is 8.92. The van der Waals surface area contributed by atoms with Gasteiger partial charge in [-0.3, -0.25) is 4.98 Å². The quantitative estimate of drug-likeness (QED) is 0.422. The summed E-state index contributed by atoms with van der Waals surface area (Å²) >= 11 is 0. The Morgan fingerprint density at radius 2 is 1.81 bits per heavy atom. The molecule has 0 bridgehead atoms. The van der Waals surface area contributed by atoms with E-state index in [0.717, 1.165) is 10.9 Å². The molecule has 0 spiro atoms. The van der Waals surface area contributed by atoms with E-state index in [2.05, 4.69) is 4.98 Å². The highest BCUT2D eigenvalue weighted by atomic mass is 16.4. The van der Waals surface area contributed by atoms with Crippen LogP contribution in [0.2, 0.25) is 0 Å². The van der Waals surface area contributed by atoms with Crippen LogP contribution in [0.5, 0.6) is 0 Å². The maximum Gasteiger partial charge on any atom is 0.488 e. The van der Waals surface area contributed by atoms with Crippen molar-refractivity contribution in [2.75, 3.05) is 0 Å². The summed E-state index contributed by atoms with van der Waals surface area (Å²) < 4.78 is 0. The average Bonchev–Trinajstić information content (AvgIpc) is 2.29. The van der Waals surface area contributed by atoms with Crippen molar-refractivity contribution in [1.82, 2.24) is 4.98 Å². The highest BCUT2D eigenvalue weighted by Crippen LogP contribution is 2.07. The number of pyridine rings is 1. The van der Waals surface area contributed by atoms with Gasteiger partial charge >= 0.3 is 14.8 Å². The summed E-state index contributed by atoms with van der Waals surface area (Å²) in [5.41, 5.74) is 1.34. The van der Waals surface area contributed by atoms with Crippen LogP contribution in [0.1, 0.15) is 0 Å². The molecule has 16 heavy (non-hydrogen) atoms. The fraction of sp³-hybridized carbons (Fsp3) is 0. The van der Waals surface area contributed by atoms with Crippen LogP contribution in [0.3, 0.4) is 0 Å². The van der Waals surface area contributed by atoms with Gasteiger partial charge in [0.15, 0.2) is 0 Å². The van der Waals surface area contributed by atoms with Crippen molar-refractivity contribution in [2.24, 2.45) is 0 Å². The van der Waals surface area contributed by atoms with Crippen molar-refractivity contribution in [3.8, 4) is 0 Å². The highest BCUT2D eigenvalue weighted by Gasteiger charge is 2.10. The number of rotatable bonds is 1. The molecule has 1 aromatic heterocycles. The van der Waals surface area contributed by atoms with Crippen LogP contribution in [0.15, 0.2) is 36.5 Å². The summed E-state index contributed by atoms with van der Waals surface area (Å²) in [5.74, 6) is 0. The number of nitrogens with zero attached hydrogens (tertiary/aromatic N) is 1. The van der Waals surface area contributed by atoms with E-state index in [1.54, 1.807) is 24.4 Å². The van der Waals surface area contributed by atoms with E-state index in [9.17, 15) is 0 Å².